The number of sulfonamides is 1. The fourth-order valence-corrected chi connectivity index (χ4v) is 3.86. The van der Waals surface area contributed by atoms with Gasteiger partial charge in [0.05, 0.1) is 25.2 Å². The lowest BCUT2D eigenvalue weighted by Crippen LogP contribution is -2.32. The Kier molecular flexibility index (Phi) is 7.85. The first-order valence-corrected chi connectivity index (χ1v) is 10.8. The third-order valence-corrected chi connectivity index (χ3v) is 6.05. The molecule has 1 amide bonds. The Balaban J connectivity index is 1.93. The van der Waals surface area contributed by atoms with E-state index >= 15 is 0 Å². The molecule has 0 bridgehead atoms. The number of methoxy groups -OCH3 is 2. The van der Waals surface area contributed by atoms with Crippen molar-refractivity contribution in [3.8, 4) is 11.5 Å². The van der Waals surface area contributed by atoms with E-state index in [0.717, 1.165) is 10.0 Å². The number of rotatable bonds is 9. The molecular formula is C19H23BrN2O5S. The largest absolute Gasteiger partial charge is 0.497 e. The van der Waals surface area contributed by atoms with Crippen LogP contribution in [0.5, 0.6) is 11.5 Å². The number of halogens is 1. The van der Waals surface area contributed by atoms with Crippen molar-refractivity contribution in [3.05, 3.63) is 52.5 Å². The van der Waals surface area contributed by atoms with Crippen LogP contribution in [-0.4, -0.2) is 35.1 Å². The van der Waals surface area contributed by atoms with E-state index in [1.165, 1.54) is 12.1 Å². The van der Waals surface area contributed by atoms with Crippen LogP contribution in [0.3, 0.4) is 0 Å². The van der Waals surface area contributed by atoms with Crippen molar-refractivity contribution in [3.63, 3.8) is 0 Å². The number of benzene rings is 2. The maximum absolute atomic E-state index is 12.2. The molecule has 7 nitrogen and oxygen atoms in total. The molecule has 0 aliphatic heterocycles. The molecule has 1 unspecified atom stereocenters. The first-order valence-electron chi connectivity index (χ1n) is 8.53. The minimum atomic E-state index is -3.66. The molecule has 0 fully saturated rings. The van der Waals surface area contributed by atoms with Crippen molar-refractivity contribution in [1.82, 2.24) is 10.0 Å². The summed E-state index contributed by atoms with van der Waals surface area (Å²) in [5.74, 6) is 1.000. The van der Waals surface area contributed by atoms with Gasteiger partial charge in [-0.15, -0.1) is 0 Å². The van der Waals surface area contributed by atoms with Crippen molar-refractivity contribution in [1.29, 1.82) is 0 Å². The van der Waals surface area contributed by atoms with Crippen LogP contribution in [0.25, 0.3) is 0 Å². The molecule has 0 aliphatic carbocycles. The Bertz CT molecular complexity index is 916. The summed E-state index contributed by atoms with van der Waals surface area (Å²) in [6.07, 6.45) is 0.00633. The number of amides is 1. The number of carbonyl (C=O) groups is 1. The monoisotopic (exact) mass is 470 g/mol. The average Bonchev–Trinajstić information content (AvgIpc) is 2.67. The molecule has 0 heterocycles. The van der Waals surface area contributed by atoms with E-state index in [1.807, 2.05) is 6.92 Å². The number of hydrogen-bond donors (Lipinski definition) is 2. The molecule has 0 radical (unpaired) electrons. The quantitative estimate of drug-likeness (QED) is 0.587. The van der Waals surface area contributed by atoms with Gasteiger partial charge in [0.2, 0.25) is 15.9 Å². The highest BCUT2D eigenvalue weighted by atomic mass is 79.9. The van der Waals surface area contributed by atoms with E-state index < -0.39 is 10.0 Å². The zero-order valence-corrected chi connectivity index (χ0v) is 18.3. The zero-order valence-electron chi connectivity index (χ0n) is 15.9. The summed E-state index contributed by atoms with van der Waals surface area (Å²) in [5.41, 5.74) is 0.769. The zero-order chi connectivity index (χ0) is 20.7. The maximum Gasteiger partial charge on any atom is 0.240 e. The Morgan fingerprint density at radius 2 is 1.79 bits per heavy atom. The summed E-state index contributed by atoms with van der Waals surface area (Å²) in [4.78, 5) is 12.4. The summed E-state index contributed by atoms with van der Waals surface area (Å²) < 4.78 is 38.2. The SMILES string of the molecule is COc1ccc(OC)c(C(C)NC(=O)CCNS(=O)(=O)c2ccc(Br)cc2)c1. The second-order valence-electron chi connectivity index (χ2n) is 6.00. The van der Waals surface area contributed by atoms with E-state index in [2.05, 4.69) is 26.0 Å². The van der Waals surface area contributed by atoms with Crippen molar-refractivity contribution >= 4 is 31.9 Å². The predicted octanol–water partition coefficient (Wildman–Crippen LogP) is 3.01. The van der Waals surface area contributed by atoms with Crippen molar-refractivity contribution < 1.29 is 22.7 Å². The lowest BCUT2D eigenvalue weighted by Gasteiger charge is -2.18. The third kappa shape index (κ3) is 5.95. The number of hydrogen-bond acceptors (Lipinski definition) is 5. The van der Waals surface area contributed by atoms with Crippen LogP contribution in [0.15, 0.2) is 51.8 Å². The van der Waals surface area contributed by atoms with Crippen LogP contribution in [0.2, 0.25) is 0 Å². The molecule has 0 saturated heterocycles. The van der Waals surface area contributed by atoms with Crippen LogP contribution < -0.4 is 19.5 Å². The van der Waals surface area contributed by atoms with Crippen LogP contribution in [0, 0.1) is 0 Å². The standard InChI is InChI=1S/C19H23BrN2O5S/c1-13(17-12-15(26-2)6-9-18(17)27-3)22-19(23)10-11-21-28(24,25)16-7-4-14(20)5-8-16/h4-9,12-13,21H,10-11H2,1-3H3,(H,22,23). The van der Waals surface area contributed by atoms with E-state index in [1.54, 1.807) is 44.6 Å². The fraction of sp³-hybridized carbons (Fsp3) is 0.316. The average molecular weight is 471 g/mol. The van der Waals surface area contributed by atoms with Crippen LogP contribution in [0.1, 0.15) is 24.9 Å². The van der Waals surface area contributed by atoms with Crippen LogP contribution >= 0.6 is 15.9 Å². The van der Waals surface area contributed by atoms with E-state index in [-0.39, 0.29) is 29.8 Å². The Morgan fingerprint density at radius 1 is 1.11 bits per heavy atom. The third-order valence-electron chi connectivity index (χ3n) is 4.05. The Morgan fingerprint density at radius 3 is 2.39 bits per heavy atom. The van der Waals surface area contributed by atoms with E-state index in [0.29, 0.717) is 11.5 Å². The van der Waals surface area contributed by atoms with Gasteiger partial charge in [0, 0.05) is 23.0 Å². The van der Waals surface area contributed by atoms with Gasteiger partial charge in [-0.3, -0.25) is 4.79 Å². The molecule has 2 aromatic rings. The van der Waals surface area contributed by atoms with Crippen molar-refractivity contribution in [2.45, 2.75) is 24.3 Å². The molecule has 1 atom stereocenters. The minimum absolute atomic E-state index is 0.00633. The van der Waals surface area contributed by atoms with Gasteiger partial charge in [-0.05, 0) is 49.4 Å². The van der Waals surface area contributed by atoms with Crippen LogP contribution in [0.4, 0.5) is 0 Å². The molecule has 0 saturated carbocycles. The molecule has 2 rings (SSSR count). The topological polar surface area (TPSA) is 93.7 Å². The first-order chi connectivity index (χ1) is 13.3. The lowest BCUT2D eigenvalue weighted by molar-refractivity contribution is -0.121. The van der Waals surface area contributed by atoms with Crippen molar-refractivity contribution in [2.24, 2.45) is 0 Å². The highest BCUT2D eigenvalue weighted by Gasteiger charge is 2.17. The number of carbonyl (C=O) groups excluding carboxylic acids is 1. The second-order valence-corrected chi connectivity index (χ2v) is 8.68. The first kappa shape index (κ1) is 22.2. The van der Waals surface area contributed by atoms with Gasteiger partial charge in [0.25, 0.3) is 0 Å². The van der Waals surface area contributed by atoms with Crippen LogP contribution in [-0.2, 0) is 14.8 Å². The molecule has 2 N–H and O–H groups in total. The van der Waals surface area contributed by atoms with Gasteiger partial charge in [0.15, 0.2) is 0 Å². The summed E-state index contributed by atoms with van der Waals surface area (Å²) in [7, 11) is -0.546. The molecule has 28 heavy (non-hydrogen) atoms. The second kappa shape index (κ2) is 9.90. The van der Waals surface area contributed by atoms with Gasteiger partial charge in [-0.25, -0.2) is 13.1 Å². The Labute approximate surface area is 173 Å². The lowest BCUT2D eigenvalue weighted by atomic mass is 10.1. The Hall–Kier alpha value is -2.10. The van der Waals surface area contributed by atoms with Gasteiger partial charge < -0.3 is 14.8 Å². The van der Waals surface area contributed by atoms with Gasteiger partial charge in [-0.1, -0.05) is 15.9 Å². The smallest absolute Gasteiger partial charge is 0.240 e. The number of nitrogens with one attached hydrogen (secondary N) is 2. The summed E-state index contributed by atoms with van der Waals surface area (Å²) in [6.45, 7) is 1.81. The molecular weight excluding hydrogens is 448 g/mol. The fourth-order valence-electron chi connectivity index (χ4n) is 2.57. The molecule has 0 aromatic heterocycles. The normalized spacial score (nSPS) is 12.3. The predicted molar refractivity (Wildman–Crippen MR) is 110 cm³/mol. The van der Waals surface area contributed by atoms with E-state index in [9.17, 15) is 13.2 Å². The molecule has 0 aliphatic rings. The molecule has 152 valence electrons. The van der Waals surface area contributed by atoms with Gasteiger partial charge >= 0.3 is 0 Å². The molecule has 0 spiro atoms. The summed E-state index contributed by atoms with van der Waals surface area (Å²) in [5, 5.41) is 2.84. The highest BCUT2D eigenvalue weighted by molar-refractivity contribution is 9.10. The molecule has 2 aromatic carbocycles. The van der Waals surface area contributed by atoms with Gasteiger partial charge in [0.1, 0.15) is 11.5 Å². The number of ether oxygens (including phenoxy) is 2. The van der Waals surface area contributed by atoms with E-state index in [4.69, 9.17) is 9.47 Å². The van der Waals surface area contributed by atoms with Gasteiger partial charge in [-0.2, -0.15) is 0 Å². The maximum atomic E-state index is 12.2. The highest BCUT2D eigenvalue weighted by Crippen LogP contribution is 2.29. The minimum Gasteiger partial charge on any atom is -0.497 e. The van der Waals surface area contributed by atoms with Crippen molar-refractivity contribution in [2.75, 3.05) is 20.8 Å². The molecule has 9 heteroatoms. The summed E-state index contributed by atoms with van der Waals surface area (Å²) >= 11 is 3.26. The summed E-state index contributed by atoms with van der Waals surface area (Å²) in [6, 6.07) is 11.3.